The summed E-state index contributed by atoms with van der Waals surface area (Å²) in [7, 11) is 0. The first-order valence-electron chi connectivity index (χ1n) is 7.46. The quantitative estimate of drug-likeness (QED) is 0.643. The maximum Gasteiger partial charge on any atom is 0.266 e. The third-order valence-electron chi connectivity index (χ3n) is 3.95. The molecule has 1 heterocycles. The molecule has 0 aliphatic heterocycles. The second kappa shape index (κ2) is 6.50. The zero-order chi connectivity index (χ0) is 17.3. The number of carbonyl (C=O) groups is 1. The molecule has 122 valence electrons. The summed E-state index contributed by atoms with van der Waals surface area (Å²) in [5.74, 6) is 1.16. The zero-order valence-corrected chi connectivity index (χ0v) is 13.6. The Kier molecular flexibility index (Phi) is 4.41. The van der Waals surface area contributed by atoms with Gasteiger partial charge in [0.05, 0.1) is 5.02 Å². The molecule has 0 bridgehead atoms. The van der Waals surface area contributed by atoms with Crippen molar-refractivity contribution in [2.24, 2.45) is 5.92 Å². The van der Waals surface area contributed by atoms with Crippen LogP contribution in [0.3, 0.4) is 0 Å². The van der Waals surface area contributed by atoms with Crippen molar-refractivity contribution in [2.45, 2.75) is 19.3 Å². The first-order valence-corrected chi connectivity index (χ1v) is 7.83. The minimum absolute atomic E-state index is 0.107. The second-order valence-electron chi connectivity index (χ2n) is 5.81. The number of hydrogen-bond acceptors (Lipinski definition) is 3. The molecule has 1 N–H and O–H groups in total. The molecule has 6 heteroatoms. The van der Waals surface area contributed by atoms with Crippen molar-refractivity contribution in [1.82, 2.24) is 0 Å². The van der Waals surface area contributed by atoms with Crippen molar-refractivity contribution < 1.29 is 13.6 Å². The lowest BCUT2D eigenvalue weighted by Crippen LogP contribution is -2.13. The van der Waals surface area contributed by atoms with Gasteiger partial charge in [0.1, 0.15) is 29.0 Å². The monoisotopic (exact) mass is 344 g/mol. The number of halogens is 2. The van der Waals surface area contributed by atoms with Gasteiger partial charge in [0.15, 0.2) is 0 Å². The number of nitrogens with zero attached hydrogens (tertiary/aromatic N) is 1. The van der Waals surface area contributed by atoms with Crippen LogP contribution in [0.25, 0.3) is 6.08 Å². The van der Waals surface area contributed by atoms with E-state index in [1.54, 1.807) is 6.07 Å². The van der Waals surface area contributed by atoms with Crippen LogP contribution in [0, 0.1) is 23.1 Å². The molecule has 1 aliphatic carbocycles. The molecular formula is C18H14ClFN2O2. The molecule has 0 unspecified atom stereocenters. The van der Waals surface area contributed by atoms with Crippen molar-refractivity contribution in [3.63, 3.8) is 0 Å². The summed E-state index contributed by atoms with van der Waals surface area (Å²) in [6.45, 7) is 2.14. The third-order valence-corrected chi connectivity index (χ3v) is 4.24. The van der Waals surface area contributed by atoms with Gasteiger partial charge >= 0.3 is 0 Å². The van der Waals surface area contributed by atoms with Gasteiger partial charge in [-0.3, -0.25) is 4.79 Å². The molecule has 1 aliphatic rings. The fourth-order valence-electron chi connectivity index (χ4n) is 2.43. The lowest BCUT2D eigenvalue weighted by Gasteiger charge is -2.04. The molecule has 1 amide bonds. The Morgan fingerprint density at radius 2 is 2.21 bits per heavy atom. The maximum atomic E-state index is 13.1. The molecule has 3 rings (SSSR count). The Bertz CT molecular complexity index is 866. The molecule has 1 saturated carbocycles. The van der Waals surface area contributed by atoms with Crippen LogP contribution in [0.4, 0.5) is 10.1 Å². The average Bonchev–Trinajstić information content (AvgIpc) is 3.09. The van der Waals surface area contributed by atoms with Gasteiger partial charge < -0.3 is 9.73 Å². The molecular weight excluding hydrogens is 331 g/mol. The molecule has 1 aromatic heterocycles. The number of benzene rings is 1. The van der Waals surface area contributed by atoms with Crippen molar-refractivity contribution >= 4 is 29.3 Å². The largest absolute Gasteiger partial charge is 0.461 e. The highest BCUT2D eigenvalue weighted by molar-refractivity contribution is 6.31. The normalized spacial score (nSPS) is 19.7. The van der Waals surface area contributed by atoms with Gasteiger partial charge in [-0.2, -0.15) is 5.26 Å². The van der Waals surface area contributed by atoms with Crippen LogP contribution in [0.1, 0.15) is 30.8 Å². The summed E-state index contributed by atoms with van der Waals surface area (Å²) in [5.41, 5.74) is 0.194. The van der Waals surface area contributed by atoms with Gasteiger partial charge in [0.25, 0.3) is 5.91 Å². The highest BCUT2D eigenvalue weighted by Gasteiger charge is 2.36. The standard InChI is InChI=1S/C18H14ClFN2O2/c1-10-6-14(10)17-5-3-13(24-17)7-11(9-21)18(23)22-12-2-4-16(20)15(19)8-12/h2-5,7-8,10,14H,6H2,1H3,(H,22,23)/b11-7+/t10-,14-/m0/s1. The molecule has 1 aromatic carbocycles. The summed E-state index contributed by atoms with van der Waals surface area (Å²) in [6.07, 6.45) is 2.48. The lowest BCUT2D eigenvalue weighted by molar-refractivity contribution is -0.112. The predicted octanol–water partition coefficient (Wildman–Crippen LogP) is 4.74. The Labute approximate surface area is 143 Å². The second-order valence-corrected chi connectivity index (χ2v) is 6.22. The van der Waals surface area contributed by atoms with E-state index < -0.39 is 11.7 Å². The summed E-state index contributed by atoms with van der Waals surface area (Å²) in [6, 6.07) is 9.24. The van der Waals surface area contributed by atoms with E-state index in [4.69, 9.17) is 16.0 Å². The van der Waals surface area contributed by atoms with E-state index in [1.807, 2.05) is 12.1 Å². The number of carbonyl (C=O) groups excluding carboxylic acids is 1. The minimum atomic E-state index is -0.613. The summed E-state index contributed by atoms with van der Waals surface area (Å²) in [5, 5.41) is 11.6. The molecule has 24 heavy (non-hydrogen) atoms. The first-order chi connectivity index (χ1) is 11.5. The Morgan fingerprint density at radius 3 is 2.83 bits per heavy atom. The Morgan fingerprint density at radius 1 is 1.46 bits per heavy atom. The Hall–Kier alpha value is -2.58. The van der Waals surface area contributed by atoms with Gasteiger partial charge in [-0.05, 0) is 42.7 Å². The zero-order valence-electron chi connectivity index (χ0n) is 12.8. The average molecular weight is 345 g/mol. The number of anilines is 1. The fraction of sp³-hybridized carbons (Fsp3) is 0.222. The molecule has 0 spiro atoms. The van der Waals surface area contributed by atoms with Gasteiger partial charge in [-0.25, -0.2) is 4.39 Å². The number of nitriles is 1. The van der Waals surface area contributed by atoms with Crippen LogP contribution in [0.2, 0.25) is 5.02 Å². The van der Waals surface area contributed by atoms with Crippen LogP contribution >= 0.6 is 11.6 Å². The van der Waals surface area contributed by atoms with Gasteiger partial charge in [0.2, 0.25) is 0 Å². The summed E-state index contributed by atoms with van der Waals surface area (Å²) < 4.78 is 18.8. The van der Waals surface area contributed by atoms with Crippen LogP contribution in [0.5, 0.6) is 0 Å². The number of rotatable bonds is 4. The van der Waals surface area contributed by atoms with Crippen molar-refractivity contribution in [2.75, 3.05) is 5.32 Å². The summed E-state index contributed by atoms with van der Waals surface area (Å²) >= 11 is 5.67. The van der Waals surface area contributed by atoms with E-state index in [-0.39, 0.29) is 10.6 Å². The summed E-state index contributed by atoms with van der Waals surface area (Å²) in [4.78, 5) is 12.2. The van der Waals surface area contributed by atoms with Gasteiger partial charge in [-0.15, -0.1) is 0 Å². The highest BCUT2D eigenvalue weighted by Crippen LogP contribution is 2.47. The number of hydrogen-bond donors (Lipinski definition) is 1. The van der Waals surface area contributed by atoms with Crippen LogP contribution in [0.15, 0.2) is 40.3 Å². The smallest absolute Gasteiger partial charge is 0.266 e. The van der Waals surface area contributed by atoms with Crippen LogP contribution in [-0.2, 0) is 4.79 Å². The molecule has 2 aromatic rings. The van der Waals surface area contributed by atoms with Crippen LogP contribution in [-0.4, -0.2) is 5.91 Å². The van der Waals surface area contributed by atoms with E-state index in [9.17, 15) is 14.4 Å². The SMILES string of the molecule is C[C@H]1C[C@@H]1c1ccc(/C=C(\C#N)C(=O)Nc2ccc(F)c(Cl)c2)o1. The highest BCUT2D eigenvalue weighted by atomic mass is 35.5. The molecule has 4 nitrogen and oxygen atoms in total. The maximum absolute atomic E-state index is 13.1. The van der Waals surface area contributed by atoms with Gasteiger partial charge in [0, 0.05) is 17.7 Å². The fourth-order valence-corrected chi connectivity index (χ4v) is 2.61. The predicted molar refractivity (Wildman–Crippen MR) is 88.9 cm³/mol. The number of furan rings is 1. The van der Waals surface area contributed by atoms with Crippen molar-refractivity contribution in [3.05, 3.63) is 58.3 Å². The van der Waals surface area contributed by atoms with E-state index in [2.05, 4.69) is 12.2 Å². The molecule has 0 radical (unpaired) electrons. The van der Waals surface area contributed by atoms with E-state index in [0.29, 0.717) is 23.3 Å². The topological polar surface area (TPSA) is 66.0 Å². The number of nitrogens with one attached hydrogen (secondary N) is 1. The van der Waals surface area contributed by atoms with E-state index in [0.717, 1.165) is 18.2 Å². The first kappa shape index (κ1) is 16.3. The minimum Gasteiger partial charge on any atom is -0.461 e. The third kappa shape index (κ3) is 3.50. The molecule has 1 fully saturated rings. The Balaban J connectivity index is 1.75. The van der Waals surface area contributed by atoms with Gasteiger partial charge in [-0.1, -0.05) is 18.5 Å². The van der Waals surface area contributed by atoms with E-state index in [1.165, 1.54) is 18.2 Å². The molecule has 2 atom stereocenters. The molecule has 0 saturated heterocycles. The van der Waals surface area contributed by atoms with E-state index >= 15 is 0 Å². The van der Waals surface area contributed by atoms with Crippen molar-refractivity contribution in [3.8, 4) is 6.07 Å². The van der Waals surface area contributed by atoms with Crippen molar-refractivity contribution in [1.29, 1.82) is 5.26 Å². The number of amides is 1. The lowest BCUT2D eigenvalue weighted by atomic mass is 10.2. The van der Waals surface area contributed by atoms with Crippen LogP contribution < -0.4 is 5.32 Å².